The molecule has 8 aromatic rings. The van der Waals surface area contributed by atoms with E-state index in [2.05, 4.69) is 99.6 Å². The van der Waals surface area contributed by atoms with Crippen LogP contribution in [0.3, 0.4) is 0 Å². The molecule has 0 fully saturated rings. The first-order chi connectivity index (χ1) is 27.5. The molecule has 5 nitrogen and oxygen atoms in total. The molecule has 2 heterocycles. The van der Waals surface area contributed by atoms with Crippen LogP contribution in [0, 0.1) is 11.8 Å². The lowest BCUT2D eigenvalue weighted by atomic mass is 9.85. The SMILES string of the molecule is CCOC(=O)c1c(-c2nc(CC(C)Cc3ccc4c(-c5ccc6ccccc6c5C(C)(C)O)nccc4c3)cc3cc(CC(C)C)ccc23)ccc2ccccc12. The van der Waals surface area contributed by atoms with Crippen molar-refractivity contribution in [2.75, 3.05) is 6.61 Å². The molecule has 1 N–H and O–H groups in total. The molecular weight excluding hydrogens is 701 g/mol. The molecule has 0 saturated heterocycles. The number of rotatable bonds is 11. The summed E-state index contributed by atoms with van der Waals surface area (Å²) in [6.07, 6.45) is 4.50. The van der Waals surface area contributed by atoms with Gasteiger partial charge in [-0.1, -0.05) is 130 Å². The van der Waals surface area contributed by atoms with E-state index in [1.54, 1.807) is 0 Å². The Morgan fingerprint density at radius 1 is 0.649 bits per heavy atom. The van der Waals surface area contributed by atoms with Gasteiger partial charge in [0.15, 0.2) is 0 Å². The van der Waals surface area contributed by atoms with Crippen molar-refractivity contribution in [2.45, 2.75) is 66.4 Å². The quantitative estimate of drug-likeness (QED) is 0.133. The Labute approximate surface area is 335 Å². The highest BCUT2D eigenvalue weighted by molar-refractivity contribution is 6.12. The Bertz CT molecular complexity index is 2800. The van der Waals surface area contributed by atoms with Crippen molar-refractivity contribution in [3.63, 3.8) is 0 Å². The fourth-order valence-corrected chi connectivity index (χ4v) is 8.69. The third-order valence-electron chi connectivity index (χ3n) is 11.0. The van der Waals surface area contributed by atoms with Crippen molar-refractivity contribution >= 4 is 49.1 Å². The zero-order valence-corrected chi connectivity index (χ0v) is 33.8. The maximum absolute atomic E-state index is 13.7. The first kappa shape index (κ1) is 38.0. The van der Waals surface area contributed by atoms with Crippen molar-refractivity contribution in [1.29, 1.82) is 0 Å². The number of carbonyl (C=O) groups is 1. The minimum absolute atomic E-state index is 0.281. The molecule has 8 rings (SSSR count). The number of pyridine rings is 2. The summed E-state index contributed by atoms with van der Waals surface area (Å²) in [4.78, 5) is 23.9. The summed E-state index contributed by atoms with van der Waals surface area (Å²) in [5.41, 5.74) is 7.34. The van der Waals surface area contributed by atoms with Gasteiger partial charge in [-0.3, -0.25) is 9.97 Å². The third-order valence-corrected chi connectivity index (χ3v) is 11.0. The Hall–Kier alpha value is -5.91. The monoisotopic (exact) mass is 750 g/mol. The minimum Gasteiger partial charge on any atom is -0.462 e. The van der Waals surface area contributed by atoms with E-state index < -0.39 is 5.60 Å². The van der Waals surface area contributed by atoms with Crippen LogP contribution < -0.4 is 0 Å². The Balaban J connectivity index is 1.16. The number of benzene rings is 6. The van der Waals surface area contributed by atoms with Crippen LogP contribution in [0.5, 0.6) is 0 Å². The van der Waals surface area contributed by atoms with Gasteiger partial charge >= 0.3 is 5.97 Å². The second-order valence-electron chi connectivity index (χ2n) is 16.5. The molecule has 57 heavy (non-hydrogen) atoms. The number of aromatic nitrogens is 2. The van der Waals surface area contributed by atoms with Crippen LogP contribution in [-0.2, 0) is 29.6 Å². The largest absolute Gasteiger partial charge is 0.462 e. The van der Waals surface area contributed by atoms with Gasteiger partial charge in [-0.15, -0.1) is 0 Å². The zero-order valence-electron chi connectivity index (χ0n) is 33.8. The maximum Gasteiger partial charge on any atom is 0.339 e. The molecule has 0 bridgehead atoms. The highest BCUT2D eigenvalue weighted by Crippen LogP contribution is 2.40. The summed E-state index contributed by atoms with van der Waals surface area (Å²) in [5.74, 6) is 0.481. The molecule has 2 aromatic heterocycles. The van der Waals surface area contributed by atoms with Crippen LogP contribution in [0.15, 0.2) is 128 Å². The standard InChI is InChI=1S/C52H50N2O3/c1-7-57-51(55)47-41-14-10-8-12-36(41)18-22-45(47)50-44-21-16-34(26-32(2)3)30-39(44)31-40(54-50)28-33(4)27-35-17-20-43-38(29-35)24-25-53-49(43)46-23-19-37-13-9-11-15-42(37)48(46)52(5,6)56/h8-25,29-33,56H,7,26-28H2,1-6H3. The van der Waals surface area contributed by atoms with Crippen molar-refractivity contribution in [3.05, 3.63) is 155 Å². The summed E-state index contributed by atoms with van der Waals surface area (Å²) in [5, 5.41) is 19.7. The number of nitrogens with zero attached hydrogens (tertiary/aromatic N) is 2. The fraction of sp³-hybridized carbons (Fsp3) is 0.250. The average Bonchev–Trinajstić information content (AvgIpc) is 3.18. The minimum atomic E-state index is -1.06. The number of carbonyl (C=O) groups excluding carboxylic acids is 1. The van der Waals surface area contributed by atoms with Gasteiger partial charge < -0.3 is 9.84 Å². The van der Waals surface area contributed by atoms with E-state index in [9.17, 15) is 9.90 Å². The summed E-state index contributed by atoms with van der Waals surface area (Å²) in [7, 11) is 0. The zero-order chi connectivity index (χ0) is 39.8. The molecule has 0 amide bonds. The summed E-state index contributed by atoms with van der Waals surface area (Å²) in [6.45, 7) is 12.6. The molecule has 0 spiro atoms. The molecule has 6 aromatic carbocycles. The van der Waals surface area contributed by atoms with E-state index in [-0.39, 0.29) is 11.9 Å². The lowest BCUT2D eigenvalue weighted by molar-refractivity contribution is 0.0529. The first-order valence-electron chi connectivity index (χ1n) is 20.2. The number of hydrogen-bond donors (Lipinski definition) is 1. The highest BCUT2D eigenvalue weighted by atomic mass is 16.5. The third kappa shape index (κ3) is 7.65. The lowest BCUT2D eigenvalue weighted by Gasteiger charge is -2.24. The number of hydrogen-bond acceptors (Lipinski definition) is 5. The van der Waals surface area contributed by atoms with E-state index in [1.165, 1.54) is 11.1 Å². The summed E-state index contributed by atoms with van der Waals surface area (Å²) >= 11 is 0. The molecule has 0 aliphatic heterocycles. The van der Waals surface area contributed by atoms with Crippen molar-refractivity contribution in [3.8, 4) is 22.5 Å². The summed E-state index contributed by atoms with van der Waals surface area (Å²) < 4.78 is 5.65. The molecule has 0 saturated carbocycles. The van der Waals surface area contributed by atoms with Crippen LogP contribution in [0.1, 0.15) is 74.3 Å². The van der Waals surface area contributed by atoms with Crippen molar-refractivity contribution in [1.82, 2.24) is 9.97 Å². The molecule has 0 radical (unpaired) electrons. The lowest BCUT2D eigenvalue weighted by Crippen LogP contribution is -2.17. The first-order valence-corrected chi connectivity index (χ1v) is 20.2. The average molecular weight is 751 g/mol. The number of fused-ring (bicyclic) bond motifs is 4. The molecule has 1 unspecified atom stereocenters. The van der Waals surface area contributed by atoms with Crippen LogP contribution in [-0.4, -0.2) is 27.7 Å². The molecular formula is C52H50N2O3. The van der Waals surface area contributed by atoms with Crippen molar-refractivity contribution in [2.24, 2.45) is 11.8 Å². The smallest absolute Gasteiger partial charge is 0.339 e. The van der Waals surface area contributed by atoms with Crippen LogP contribution in [0.2, 0.25) is 0 Å². The summed E-state index contributed by atoms with van der Waals surface area (Å²) in [6, 6.07) is 42.2. The fourth-order valence-electron chi connectivity index (χ4n) is 8.69. The molecule has 0 aliphatic rings. The number of esters is 1. The predicted octanol–water partition coefficient (Wildman–Crippen LogP) is 12.4. The van der Waals surface area contributed by atoms with Gasteiger partial charge in [0.2, 0.25) is 0 Å². The van der Waals surface area contributed by atoms with Gasteiger partial charge in [0, 0.05) is 39.4 Å². The number of aliphatic hydroxyl groups is 1. The van der Waals surface area contributed by atoms with Crippen molar-refractivity contribution < 1.29 is 14.6 Å². The van der Waals surface area contributed by atoms with E-state index in [1.807, 2.05) is 69.4 Å². The Morgan fingerprint density at radius 3 is 1.98 bits per heavy atom. The van der Waals surface area contributed by atoms with Gasteiger partial charge in [0.05, 0.1) is 29.2 Å². The normalized spacial score (nSPS) is 12.6. The van der Waals surface area contributed by atoms with E-state index in [4.69, 9.17) is 14.7 Å². The Morgan fingerprint density at radius 2 is 1.28 bits per heavy atom. The second-order valence-corrected chi connectivity index (χ2v) is 16.5. The maximum atomic E-state index is 13.7. The molecule has 1 atom stereocenters. The predicted molar refractivity (Wildman–Crippen MR) is 236 cm³/mol. The van der Waals surface area contributed by atoms with Gasteiger partial charge in [-0.2, -0.15) is 0 Å². The van der Waals surface area contributed by atoms with Crippen LogP contribution in [0.25, 0.3) is 65.6 Å². The second kappa shape index (κ2) is 15.6. The van der Waals surface area contributed by atoms with E-state index >= 15 is 0 Å². The van der Waals surface area contributed by atoms with Crippen LogP contribution >= 0.6 is 0 Å². The number of ether oxygens (including phenoxy) is 1. The molecule has 0 aliphatic carbocycles. The van der Waals surface area contributed by atoms with E-state index in [0.717, 1.165) is 96.1 Å². The van der Waals surface area contributed by atoms with E-state index in [0.29, 0.717) is 18.1 Å². The Kier molecular flexibility index (Phi) is 10.4. The van der Waals surface area contributed by atoms with Gasteiger partial charge in [-0.05, 0) is 107 Å². The molecule has 5 heteroatoms. The van der Waals surface area contributed by atoms with Gasteiger partial charge in [-0.25, -0.2) is 4.79 Å². The van der Waals surface area contributed by atoms with Crippen LogP contribution in [0.4, 0.5) is 0 Å². The van der Waals surface area contributed by atoms with Gasteiger partial charge in [0.25, 0.3) is 0 Å². The van der Waals surface area contributed by atoms with Gasteiger partial charge in [0.1, 0.15) is 0 Å². The highest BCUT2D eigenvalue weighted by Gasteiger charge is 2.26. The topological polar surface area (TPSA) is 72.3 Å². The molecule has 286 valence electrons.